The van der Waals surface area contributed by atoms with Crippen molar-refractivity contribution in [2.75, 3.05) is 0 Å². The molecule has 2 heteroatoms. The van der Waals surface area contributed by atoms with Crippen LogP contribution in [0.5, 0.6) is 0 Å². The number of fused-ring (bicyclic) bond motifs is 1. The second-order valence-corrected chi connectivity index (χ2v) is 7.62. The summed E-state index contributed by atoms with van der Waals surface area (Å²) in [6.07, 6.45) is 5.16. The Morgan fingerprint density at radius 2 is 1.57 bits per heavy atom. The summed E-state index contributed by atoms with van der Waals surface area (Å²) in [6, 6.07) is 4.68. The quantitative estimate of drug-likeness (QED) is 0.838. The van der Waals surface area contributed by atoms with Crippen LogP contribution < -0.4 is 5.73 Å². The smallest absolute Gasteiger partial charge is 0.0651 e. The number of benzene rings is 1. The van der Waals surface area contributed by atoms with Gasteiger partial charge in [0.1, 0.15) is 0 Å². The molecule has 112 valence electrons. The van der Waals surface area contributed by atoms with E-state index in [1.54, 1.807) is 10.4 Å². The normalized spacial score (nSPS) is 15.9. The van der Waals surface area contributed by atoms with Gasteiger partial charge in [-0.1, -0.05) is 6.07 Å². The molecule has 0 amide bonds. The van der Waals surface area contributed by atoms with E-state index in [1.807, 2.05) is 11.3 Å². The zero-order valence-electron chi connectivity index (χ0n) is 13.5. The van der Waals surface area contributed by atoms with Gasteiger partial charge in [0, 0.05) is 9.75 Å². The Morgan fingerprint density at radius 3 is 2.19 bits per heavy atom. The minimum Gasteiger partial charge on any atom is -0.320 e. The average Bonchev–Trinajstić information content (AvgIpc) is 2.89. The lowest BCUT2D eigenvalue weighted by atomic mass is 9.89. The van der Waals surface area contributed by atoms with Crippen molar-refractivity contribution in [1.82, 2.24) is 0 Å². The van der Waals surface area contributed by atoms with E-state index in [4.69, 9.17) is 5.73 Å². The van der Waals surface area contributed by atoms with Crippen LogP contribution in [0.4, 0.5) is 0 Å². The summed E-state index contributed by atoms with van der Waals surface area (Å²) in [5, 5.41) is 0. The summed E-state index contributed by atoms with van der Waals surface area (Å²) in [5.74, 6) is 0. The van der Waals surface area contributed by atoms with Gasteiger partial charge in [0.2, 0.25) is 0 Å². The molecule has 21 heavy (non-hydrogen) atoms. The van der Waals surface area contributed by atoms with Gasteiger partial charge in [-0.05, 0) is 92.8 Å². The Labute approximate surface area is 132 Å². The monoisotopic (exact) mass is 299 g/mol. The van der Waals surface area contributed by atoms with E-state index < -0.39 is 0 Å². The molecule has 0 saturated carbocycles. The van der Waals surface area contributed by atoms with Gasteiger partial charge in [-0.3, -0.25) is 0 Å². The molecule has 0 aliphatic heterocycles. The predicted octanol–water partition coefficient (Wildman–Crippen LogP) is 4.91. The highest BCUT2D eigenvalue weighted by Crippen LogP contribution is 2.37. The van der Waals surface area contributed by atoms with Crippen molar-refractivity contribution in [3.8, 4) is 0 Å². The molecule has 0 fully saturated rings. The number of rotatable bonds is 2. The lowest BCUT2D eigenvalue weighted by molar-refractivity contribution is 0.696. The number of hydrogen-bond acceptors (Lipinski definition) is 2. The third-order valence-electron chi connectivity index (χ3n) is 5.06. The first kappa shape index (κ1) is 14.8. The maximum atomic E-state index is 6.68. The first-order valence-corrected chi connectivity index (χ1v) is 8.75. The SMILES string of the molecule is Cc1cc(C)c(C)c(C(N)c2cc3c(s2)CCCC3)c1C. The molecule has 1 unspecified atom stereocenters. The Bertz CT molecular complexity index is 632. The Morgan fingerprint density at radius 1 is 0.952 bits per heavy atom. The van der Waals surface area contributed by atoms with Crippen molar-refractivity contribution in [3.63, 3.8) is 0 Å². The minimum absolute atomic E-state index is 0.0270. The van der Waals surface area contributed by atoms with Gasteiger partial charge >= 0.3 is 0 Å². The van der Waals surface area contributed by atoms with Crippen LogP contribution >= 0.6 is 11.3 Å². The van der Waals surface area contributed by atoms with E-state index in [-0.39, 0.29) is 6.04 Å². The van der Waals surface area contributed by atoms with Crippen LogP contribution in [-0.4, -0.2) is 0 Å². The second-order valence-electron chi connectivity index (χ2n) is 6.46. The summed E-state index contributed by atoms with van der Waals surface area (Å²) in [4.78, 5) is 2.92. The van der Waals surface area contributed by atoms with Crippen LogP contribution in [-0.2, 0) is 12.8 Å². The molecule has 2 aromatic rings. The van der Waals surface area contributed by atoms with Gasteiger partial charge in [0.15, 0.2) is 0 Å². The van der Waals surface area contributed by atoms with Crippen molar-refractivity contribution in [3.05, 3.63) is 55.3 Å². The largest absolute Gasteiger partial charge is 0.320 e. The van der Waals surface area contributed by atoms with E-state index in [1.165, 1.54) is 58.4 Å². The minimum atomic E-state index is 0.0270. The van der Waals surface area contributed by atoms with Crippen molar-refractivity contribution in [2.45, 2.75) is 59.4 Å². The van der Waals surface area contributed by atoms with E-state index in [0.29, 0.717) is 0 Å². The second kappa shape index (κ2) is 5.58. The highest BCUT2D eigenvalue weighted by molar-refractivity contribution is 7.12. The molecule has 1 heterocycles. The maximum absolute atomic E-state index is 6.68. The third kappa shape index (κ3) is 2.56. The molecule has 0 bridgehead atoms. The summed E-state index contributed by atoms with van der Waals surface area (Å²) in [5.41, 5.74) is 15.0. The summed E-state index contributed by atoms with van der Waals surface area (Å²) in [7, 11) is 0. The molecule has 3 rings (SSSR count). The zero-order valence-corrected chi connectivity index (χ0v) is 14.4. The molecule has 0 spiro atoms. The number of hydrogen-bond donors (Lipinski definition) is 1. The molecule has 2 N–H and O–H groups in total. The first-order chi connectivity index (χ1) is 9.99. The summed E-state index contributed by atoms with van der Waals surface area (Å²) < 4.78 is 0. The molecular formula is C19H25NS. The fraction of sp³-hybridized carbons (Fsp3) is 0.474. The van der Waals surface area contributed by atoms with Crippen LogP contribution in [0.15, 0.2) is 12.1 Å². The Kier molecular flexibility index (Phi) is 3.94. The molecule has 1 atom stereocenters. The van der Waals surface area contributed by atoms with E-state index >= 15 is 0 Å². The van der Waals surface area contributed by atoms with Crippen LogP contribution in [0.1, 0.15) is 62.0 Å². The van der Waals surface area contributed by atoms with Gasteiger partial charge in [0.05, 0.1) is 6.04 Å². The molecule has 1 aromatic heterocycles. The Balaban J connectivity index is 2.06. The van der Waals surface area contributed by atoms with Gasteiger partial charge in [-0.15, -0.1) is 11.3 Å². The predicted molar refractivity (Wildman–Crippen MR) is 92.4 cm³/mol. The van der Waals surface area contributed by atoms with Gasteiger partial charge < -0.3 is 5.73 Å². The van der Waals surface area contributed by atoms with Crippen LogP contribution in [0.25, 0.3) is 0 Å². The van der Waals surface area contributed by atoms with Gasteiger partial charge in [-0.2, -0.15) is 0 Å². The lowest BCUT2D eigenvalue weighted by Gasteiger charge is -2.20. The van der Waals surface area contributed by atoms with E-state index in [9.17, 15) is 0 Å². The van der Waals surface area contributed by atoms with Crippen molar-refractivity contribution in [2.24, 2.45) is 5.73 Å². The third-order valence-corrected chi connectivity index (χ3v) is 6.38. The number of thiophene rings is 1. The van der Waals surface area contributed by atoms with Crippen molar-refractivity contribution >= 4 is 11.3 Å². The summed E-state index contributed by atoms with van der Waals surface area (Å²) in [6.45, 7) is 8.81. The summed E-state index contributed by atoms with van der Waals surface area (Å²) >= 11 is 1.94. The van der Waals surface area contributed by atoms with Crippen molar-refractivity contribution in [1.29, 1.82) is 0 Å². The Hall–Kier alpha value is -1.12. The zero-order chi connectivity index (χ0) is 15.1. The first-order valence-electron chi connectivity index (χ1n) is 7.93. The van der Waals surface area contributed by atoms with Crippen LogP contribution in [0, 0.1) is 27.7 Å². The standard InChI is InChI=1S/C19H25NS/c1-11-9-12(2)14(4)18(13(11)3)19(20)17-10-15-7-5-6-8-16(15)21-17/h9-10,19H,5-8,20H2,1-4H3. The molecule has 1 aromatic carbocycles. The highest BCUT2D eigenvalue weighted by atomic mass is 32.1. The molecule has 0 saturated heterocycles. The lowest BCUT2D eigenvalue weighted by Crippen LogP contribution is -2.15. The average molecular weight is 299 g/mol. The van der Waals surface area contributed by atoms with Gasteiger partial charge in [0.25, 0.3) is 0 Å². The molecule has 1 aliphatic rings. The number of nitrogens with two attached hydrogens (primary N) is 1. The van der Waals surface area contributed by atoms with E-state index in [2.05, 4.69) is 39.8 Å². The van der Waals surface area contributed by atoms with E-state index in [0.717, 1.165) is 0 Å². The van der Waals surface area contributed by atoms with Crippen molar-refractivity contribution < 1.29 is 0 Å². The topological polar surface area (TPSA) is 26.0 Å². The highest BCUT2D eigenvalue weighted by Gasteiger charge is 2.21. The van der Waals surface area contributed by atoms with Crippen LogP contribution in [0.3, 0.4) is 0 Å². The molecule has 1 nitrogen and oxygen atoms in total. The molecule has 1 aliphatic carbocycles. The fourth-order valence-electron chi connectivity index (χ4n) is 3.52. The maximum Gasteiger partial charge on any atom is 0.0651 e. The molecular weight excluding hydrogens is 274 g/mol. The van der Waals surface area contributed by atoms with Crippen LogP contribution in [0.2, 0.25) is 0 Å². The fourth-order valence-corrected chi connectivity index (χ4v) is 4.79. The molecule has 0 radical (unpaired) electrons. The number of aryl methyl sites for hydroxylation is 4. The van der Waals surface area contributed by atoms with Gasteiger partial charge in [-0.25, -0.2) is 0 Å².